The number of ether oxygens (including phenoxy) is 1. The van der Waals surface area contributed by atoms with Crippen molar-refractivity contribution in [1.82, 2.24) is 4.90 Å². The molecule has 2 aromatic carbocycles. The number of amides is 2. The Hall–Kier alpha value is -2.97. The van der Waals surface area contributed by atoms with Crippen LogP contribution in [0.3, 0.4) is 0 Å². The van der Waals surface area contributed by atoms with E-state index in [1.54, 1.807) is 29.2 Å². The van der Waals surface area contributed by atoms with E-state index in [0.29, 0.717) is 36.0 Å². The van der Waals surface area contributed by atoms with Crippen molar-refractivity contribution >= 4 is 45.9 Å². The minimum absolute atomic E-state index is 0.0349. The van der Waals surface area contributed by atoms with Crippen LogP contribution in [-0.4, -0.2) is 52.7 Å². The molecule has 0 aromatic heterocycles. The van der Waals surface area contributed by atoms with Crippen molar-refractivity contribution in [3.63, 3.8) is 0 Å². The third-order valence-corrected chi connectivity index (χ3v) is 6.89. The number of carbonyl (C=O) groups excluding carboxylic acids is 3. The van der Waals surface area contributed by atoms with Gasteiger partial charge in [-0.25, -0.2) is 4.99 Å². The fourth-order valence-corrected chi connectivity index (χ4v) is 5.08. The largest absolute Gasteiger partial charge is 0.381 e. The molecule has 1 atom stereocenters. The van der Waals surface area contributed by atoms with E-state index < -0.39 is 5.25 Å². The topological polar surface area (TPSA) is 88.1 Å². The summed E-state index contributed by atoms with van der Waals surface area (Å²) in [6.45, 7) is 9.45. The van der Waals surface area contributed by atoms with Gasteiger partial charge in [0.15, 0.2) is 11.0 Å². The lowest BCUT2D eigenvalue weighted by Gasteiger charge is -2.16. The molecule has 2 aromatic rings. The highest BCUT2D eigenvalue weighted by atomic mass is 32.2. The number of anilines is 1. The maximum absolute atomic E-state index is 13.3. The van der Waals surface area contributed by atoms with E-state index in [-0.39, 0.29) is 24.0 Å². The van der Waals surface area contributed by atoms with Gasteiger partial charge in [0, 0.05) is 37.4 Å². The first-order valence-corrected chi connectivity index (χ1v) is 13.3. The molecule has 1 heterocycles. The number of hydrogen-bond donors (Lipinski definition) is 1. The van der Waals surface area contributed by atoms with Crippen LogP contribution in [0.25, 0.3) is 0 Å². The molecule has 1 saturated heterocycles. The zero-order valence-corrected chi connectivity index (χ0v) is 22.3. The Kier molecular flexibility index (Phi) is 10.3. The summed E-state index contributed by atoms with van der Waals surface area (Å²) in [7, 11) is 0. The van der Waals surface area contributed by atoms with Crippen molar-refractivity contribution in [1.29, 1.82) is 0 Å². The lowest BCUT2D eigenvalue weighted by atomic mass is 10.1. The number of nitrogens with zero attached hydrogens (tertiary/aromatic N) is 2. The molecule has 7 nitrogen and oxygen atoms in total. The van der Waals surface area contributed by atoms with Crippen LogP contribution < -0.4 is 5.32 Å². The standard InChI is InChI=1S/C28H35N3O4S/c1-5-6-13-35-14-7-12-31-27(34)25(36-28(31)30-24-16-19(2)15-20(3)17-24)18-26(33)29-23-10-8-22(9-11-23)21(4)32/h8-11,15-17,25H,5-7,12-14,18H2,1-4H3,(H,29,33)/t25-/m0/s1. The number of ketones is 1. The first kappa shape index (κ1) is 27.6. The quantitative estimate of drug-likeness (QED) is 0.294. The molecule has 0 unspecified atom stereocenters. The fraction of sp³-hybridized carbons (Fsp3) is 0.429. The zero-order chi connectivity index (χ0) is 26.1. The average molecular weight is 510 g/mol. The molecule has 1 fully saturated rings. The lowest BCUT2D eigenvalue weighted by molar-refractivity contribution is -0.128. The van der Waals surface area contributed by atoms with Gasteiger partial charge in [0.2, 0.25) is 11.8 Å². The number of rotatable bonds is 12. The second kappa shape index (κ2) is 13.4. The smallest absolute Gasteiger partial charge is 0.242 e. The third kappa shape index (κ3) is 8.03. The maximum atomic E-state index is 13.3. The molecule has 2 amide bonds. The van der Waals surface area contributed by atoms with Gasteiger partial charge in [-0.2, -0.15) is 0 Å². The van der Waals surface area contributed by atoms with E-state index in [1.807, 2.05) is 26.0 Å². The Morgan fingerprint density at radius 2 is 1.72 bits per heavy atom. The molecule has 0 spiro atoms. The monoisotopic (exact) mass is 509 g/mol. The number of nitrogens with one attached hydrogen (secondary N) is 1. The Morgan fingerprint density at radius 3 is 2.36 bits per heavy atom. The van der Waals surface area contributed by atoms with Crippen molar-refractivity contribution in [3.8, 4) is 0 Å². The summed E-state index contributed by atoms with van der Waals surface area (Å²) in [6, 6.07) is 12.8. The molecule has 36 heavy (non-hydrogen) atoms. The van der Waals surface area contributed by atoms with Crippen LogP contribution in [0.1, 0.15) is 61.0 Å². The molecule has 1 aliphatic heterocycles. The summed E-state index contributed by atoms with van der Waals surface area (Å²) in [6.07, 6.45) is 2.84. The first-order valence-electron chi connectivity index (χ1n) is 12.4. The first-order chi connectivity index (χ1) is 17.3. The maximum Gasteiger partial charge on any atom is 0.242 e. The number of amidine groups is 1. The zero-order valence-electron chi connectivity index (χ0n) is 21.5. The van der Waals surface area contributed by atoms with E-state index in [1.165, 1.54) is 18.7 Å². The number of unbranched alkanes of at least 4 members (excludes halogenated alkanes) is 1. The van der Waals surface area contributed by atoms with Gasteiger partial charge in [-0.05, 0) is 81.1 Å². The van der Waals surface area contributed by atoms with Crippen LogP contribution in [0, 0.1) is 13.8 Å². The summed E-state index contributed by atoms with van der Waals surface area (Å²) >= 11 is 1.33. The number of aliphatic imine (C=N–C) groups is 1. The summed E-state index contributed by atoms with van der Waals surface area (Å²) < 4.78 is 5.67. The summed E-state index contributed by atoms with van der Waals surface area (Å²) in [4.78, 5) is 44.0. The second-order valence-corrected chi connectivity index (χ2v) is 10.2. The number of benzene rings is 2. The van der Waals surface area contributed by atoms with E-state index in [4.69, 9.17) is 9.73 Å². The molecule has 3 rings (SSSR count). The fourth-order valence-electron chi connectivity index (χ4n) is 3.90. The SMILES string of the molecule is CCCCOCCCN1C(=O)[C@H](CC(=O)Nc2ccc(C(C)=O)cc2)SC1=Nc1cc(C)cc(C)c1. The van der Waals surface area contributed by atoms with Crippen LogP contribution in [0.5, 0.6) is 0 Å². The summed E-state index contributed by atoms with van der Waals surface area (Å²) in [5, 5.41) is 2.89. The van der Waals surface area contributed by atoms with Crippen molar-refractivity contribution in [3.05, 3.63) is 59.2 Å². The molecule has 1 N–H and O–H groups in total. The second-order valence-electron chi connectivity index (χ2n) is 9.04. The van der Waals surface area contributed by atoms with Gasteiger partial charge in [0.25, 0.3) is 0 Å². The molecule has 0 bridgehead atoms. The van der Waals surface area contributed by atoms with Gasteiger partial charge < -0.3 is 10.1 Å². The molecule has 1 aliphatic rings. The molecule has 0 radical (unpaired) electrons. The molecule has 8 heteroatoms. The van der Waals surface area contributed by atoms with Gasteiger partial charge in [-0.1, -0.05) is 31.2 Å². The van der Waals surface area contributed by atoms with Gasteiger partial charge in [-0.3, -0.25) is 19.3 Å². The van der Waals surface area contributed by atoms with E-state index >= 15 is 0 Å². The number of carbonyl (C=O) groups is 3. The van der Waals surface area contributed by atoms with Crippen LogP contribution in [0.4, 0.5) is 11.4 Å². The normalized spacial score (nSPS) is 16.6. The van der Waals surface area contributed by atoms with Crippen LogP contribution in [0.2, 0.25) is 0 Å². The van der Waals surface area contributed by atoms with Crippen molar-refractivity contribution in [2.24, 2.45) is 4.99 Å². The highest BCUT2D eigenvalue weighted by Gasteiger charge is 2.39. The molecular weight excluding hydrogens is 474 g/mol. The Balaban J connectivity index is 1.69. The number of hydrogen-bond acceptors (Lipinski definition) is 6. The van der Waals surface area contributed by atoms with E-state index in [0.717, 1.165) is 36.3 Å². The molecule has 192 valence electrons. The molecule has 0 saturated carbocycles. The van der Waals surface area contributed by atoms with E-state index in [2.05, 4.69) is 18.3 Å². The van der Waals surface area contributed by atoms with Crippen LogP contribution in [-0.2, 0) is 14.3 Å². The van der Waals surface area contributed by atoms with Crippen LogP contribution in [0.15, 0.2) is 47.5 Å². The average Bonchev–Trinajstić information content (AvgIpc) is 3.09. The lowest BCUT2D eigenvalue weighted by Crippen LogP contribution is -2.34. The summed E-state index contributed by atoms with van der Waals surface area (Å²) in [5.41, 5.74) is 4.17. The predicted octanol–water partition coefficient (Wildman–Crippen LogP) is 5.67. The van der Waals surface area contributed by atoms with Gasteiger partial charge >= 0.3 is 0 Å². The van der Waals surface area contributed by atoms with Gasteiger partial charge in [0.05, 0.1) is 5.69 Å². The van der Waals surface area contributed by atoms with Gasteiger partial charge in [0.1, 0.15) is 5.25 Å². The van der Waals surface area contributed by atoms with Crippen molar-refractivity contribution in [2.45, 2.75) is 58.6 Å². The molecular formula is C28H35N3O4S. The van der Waals surface area contributed by atoms with Crippen molar-refractivity contribution in [2.75, 3.05) is 25.1 Å². The van der Waals surface area contributed by atoms with Crippen LogP contribution >= 0.6 is 11.8 Å². The Labute approximate surface area is 217 Å². The molecule has 0 aliphatic carbocycles. The number of thioether (sulfide) groups is 1. The van der Waals surface area contributed by atoms with E-state index in [9.17, 15) is 14.4 Å². The highest BCUT2D eigenvalue weighted by Crippen LogP contribution is 2.32. The highest BCUT2D eigenvalue weighted by molar-refractivity contribution is 8.15. The number of aryl methyl sites for hydroxylation is 2. The Bertz CT molecular complexity index is 1090. The Morgan fingerprint density at radius 1 is 1.06 bits per heavy atom. The number of Topliss-reactive ketones (excluding diaryl/α,β-unsaturated/α-hetero) is 1. The minimum Gasteiger partial charge on any atom is -0.381 e. The van der Waals surface area contributed by atoms with Gasteiger partial charge in [-0.15, -0.1) is 0 Å². The predicted molar refractivity (Wildman–Crippen MR) is 146 cm³/mol. The minimum atomic E-state index is -0.549. The third-order valence-electron chi connectivity index (χ3n) is 5.71. The summed E-state index contributed by atoms with van der Waals surface area (Å²) in [5.74, 6) is -0.405. The van der Waals surface area contributed by atoms with Crippen molar-refractivity contribution < 1.29 is 19.1 Å².